The van der Waals surface area contributed by atoms with Gasteiger partial charge in [0.1, 0.15) is 4.47 Å². The first-order valence-corrected chi connectivity index (χ1v) is 5.32. The lowest BCUT2D eigenvalue weighted by atomic mass is 10.1. The summed E-state index contributed by atoms with van der Waals surface area (Å²) in [6.45, 7) is -0.231. The Morgan fingerprint density at radius 1 is 1.20 bits per heavy atom. The number of carbonyl (C=O) groups excluding carboxylic acids is 1. The molecule has 0 atom stereocenters. The fourth-order valence-corrected chi connectivity index (χ4v) is 1.86. The molecule has 1 heterocycles. The zero-order valence-electron chi connectivity index (χ0n) is 9.31. The molecule has 0 N–H and O–H groups in total. The number of aromatic nitrogens is 2. The fraction of sp³-hybridized carbons (Fsp3) is 0.500. The summed E-state index contributed by atoms with van der Waals surface area (Å²) in [5, 5.41) is 2.84. The van der Waals surface area contributed by atoms with Crippen LogP contribution < -0.4 is 4.74 Å². The number of nitrogens with zero attached hydrogens (tertiary/aromatic N) is 2. The van der Waals surface area contributed by atoms with Crippen molar-refractivity contribution in [2.45, 2.75) is 18.0 Å². The van der Waals surface area contributed by atoms with Crippen molar-refractivity contribution >= 4 is 22.4 Å². The molecule has 0 spiro atoms. The van der Waals surface area contributed by atoms with Crippen LogP contribution in [-0.2, 0) is 17.8 Å². The van der Waals surface area contributed by atoms with E-state index in [1.165, 1.54) is 0 Å². The summed E-state index contributed by atoms with van der Waals surface area (Å²) in [6.07, 6.45) is -6.49. The van der Waals surface area contributed by atoms with E-state index >= 15 is 0 Å². The Morgan fingerprint density at radius 3 is 2.10 bits per heavy atom. The first kappa shape index (κ1) is 16.7. The van der Waals surface area contributed by atoms with E-state index in [4.69, 9.17) is 0 Å². The maximum atomic E-state index is 13.4. The van der Waals surface area contributed by atoms with Gasteiger partial charge in [-0.15, -0.1) is 0 Å². The van der Waals surface area contributed by atoms with Crippen molar-refractivity contribution < 1.29 is 40.3 Å². The third-order valence-corrected chi connectivity index (χ3v) is 2.86. The molecule has 0 saturated heterocycles. The Labute approximate surface area is 114 Å². The highest BCUT2D eigenvalue weighted by atomic mass is 79.9. The molecule has 0 amide bonds. The summed E-state index contributed by atoms with van der Waals surface area (Å²) in [5.41, 5.74) is -1.90. The molecule has 12 heteroatoms. The molecule has 0 aliphatic heterocycles. The predicted octanol–water partition coefficient (Wildman–Crippen LogP) is 3.01. The number of ether oxygens (including phenoxy) is 1. The third-order valence-electron chi connectivity index (χ3n) is 2.15. The van der Waals surface area contributed by atoms with Crippen molar-refractivity contribution in [3.05, 3.63) is 10.2 Å². The van der Waals surface area contributed by atoms with E-state index in [2.05, 4.69) is 25.8 Å². The van der Waals surface area contributed by atoms with Gasteiger partial charge < -0.3 is 4.74 Å². The molecule has 0 fully saturated rings. The van der Waals surface area contributed by atoms with Gasteiger partial charge in [-0.3, -0.25) is 4.79 Å². The van der Waals surface area contributed by atoms with E-state index in [1.807, 2.05) is 0 Å². The fourth-order valence-electron chi connectivity index (χ4n) is 1.18. The van der Waals surface area contributed by atoms with Crippen LogP contribution in [0.25, 0.3) is 0 Å². The number of carbonyl (C=O) groups is 1. The first-order valence-electron chi connectivity index (χ1n) is 4.53. The summed E-state index contributed by atoms with van der Waals surface area (Å²) in [4.78, 5) is 10.1. The monoisotopic (exact) mass is 372 g/mol. The summed E-state index contributed by atoms with van der Waals surface area (Å²) in [5.74, 6) is -12.8. The van der Waals surface area contributed by atoms with Crippen LogP contribution in [0.4, 0.5) is 30.7 Å². The normalized spacial score (nSPS) is 13.4. The number of aryl methyl sites for hydroxylation is 1. The van der Waals surface area contributed by atoms with Crippen molar-refractivity contribution in [1.29, 1.82) is 0 Å². The Kier molecular flexibility index (Phi) is 4.09. The third kappa shape index (κ3) is 2.36. The minimum absolute atomic E-state index is 0.231. The van der Waals surface area contributed by atoms with Crippen LogP contribution in [0.1, 0.15) is 5.69 Å². The van der Waals surface area contributed by atoms with E-state index in [0.29, 0.717) is 4.68 Å². The first-order chi connectivity index (χ1) is 8.88. The van der Waals surface area contributed by atoms with Crippen LogP contribution in [0.15, 0.2) is 4.47 Å². The van der Waals surface area contributed by atoms with Gasteiger partial charge in [0.15, 0.2) is 5.69 Å². The van der Waals surface area contributed by atoms with Crippen molar-refractivity contribution in [3.8, 4) is 5.88 Å². The SMILES string of the molecule is Cn1nc(C(F)(F)C(F)(F)C(F)(F)F)c(Br)c1OC=O. The molecule has 20 heavy (non-hydrogen) atoms. The molecule has 0 radical (unpaired) electrons. The van der Waals surface area contributed by atoms with Crippen molar-refractivity contribution in [2.24, 2.45) is 7.05 Å². The van der Waals surface area contributed by atoms with E-state index < -0.39 is 34.1 Å². The second-order valence-electron chi connectivity index (χ2n) is 3.45. The minimum atomic E-state index is -6.49. The molecule has 0 bridgehead atoms. The second kappa shape index (κ2) is 4.90. The van der Waals surface area contributed by atoms with Crippen LogP contribution in [-0.4, -0.2) is 28.4 Å². The number of rotatable bonds is 4. The van der Waals surface area contributed by atoms with E-state index in [1.54, 1.807) is 0 Å². The quantitative estimate of drug-likeness (QED) is 0.602. The van der Waals surface area contributed by atoms with E-state index in [0.717, 1.165) is 7.05 Å². The Bertz CT molecular complexity index is 526. The standard InChI is InChI=1S/C8H4BrF7N2O2/c1-18-5(20-2-19)3(9)4(17-18)6(10,11)7(12,13)8(14,15)16/h2H,1H3. The van der Waals surface area contributed by atoms with Crippen LogP contribution in [0.2, 0.25) is 0 Å². The van der Waals surface area contributed by atoms with Crippen LogP contribution >= 0.6 is 15.9 Å². The lowest BCUT2D eigenvalue weighted by Gasteiger charge is -2.26. The number of alkyl halides is 7. The molecule has 0 saturated carbocycles. The molecule has 1 aromatic heterocycles. The van der Waals surface area contributed by atoms with Gasteiger partial charge in [0.05, 0.1) is 0 Å². The van der Waals surface area contributed by atoms with Crippen molar-refractivity contribution in [3.63, 3.8) is 0 Å². The highest BCUT2D eigenvalue weighted by Gasteiger charge is 2.75. The highest BCUT2D eigenvalue weighted by molar-refractivity contribution is 9.10. The minimum Gasteiger partial charge on any atom is -0.409 e. The van der Waals surface area contributed by atoms with Crippen LogP contribution in [0, 0.1) is 0 Å². The smallest absolute Gasteiger partial charge is 0.409 e. The number of hydrogen-bond donors (Lipinski definition) is 0. The highest BCUT2D eigenvalue weighted by Crippen LogP contribution is 2.53. The van der Waals surface area contributed by atoms with E-state index in [9.17, 15) is 35.5 Å². The lowest BCUT2D eigenvalue weighted by molar-refractivity contribution is -0.360. The molecule has 0 aromatic carbocycles. The maximum Gasteiger partial charge on any atom is 0.460 e. The van der Waals surface area contributed by atoms with E-state index in [-0.39, 0.29) is 6.47 Å². The molecule has 1 rings (SSSR count). The van der Waals surface area contributed by atoms with Gasteiger partial charge in [-0.05, 0) is 15.9 Å². The topological polar surface area (TPSA) is 44.1 Å². The van der Waals surface area contributed by atoms with Crippen LogP contribution in [0.3, 0.4) is 0 Å². The molecule has 0 aliphatic carbocycles. The lowest BCUT2D eigenvalue weighted by Crippen LogP contribution is -2.50. The van der Waals surface area contributed by atoms with Gasteiger partial charge in [-0.25, -0.2) is 4.68 Å². The summed E-state index contributed by atoms with van der Waals surface area (Å²) >= 11 is 2.35. The van der Waals surface area contributed by atoms with Gasteiger partial charge in [-0.1, -0.05) is 0 Å². The number of halogens is 8. The van der Waals surface area contributed by atoms with Gasteiger partial charge in [0, 0.05) is 7.05 Å². The zero-order valence-corrected chi connectivity index (χ0v) is 10.9. The second-order valence-corrected chi connectivity index (χ2v) is 4.24. The summed E-state index contributed by atoms with van der Waals surface area (Å²) in [6, 6.07) is 0. The van der Waals surface area contributed by atoms with Gasteiger partial charge in [-0.2, -0.15) is 35.8 Å². The summed E-state index contributed by atoms with van der Waals surface area (Å²) < 4.78 is 92.2. The maximum absolute atomic E-state index is 13.4. The molecular weight excluding hydrogens is 369 g/mol. The molecule has 1 aromatic rings. The van der Waals surface area contributed by atoms with Crippen LogP contribution in [0.5, 0.6) is 5.88 Å². The average molecular weight is 373 g/mol. The van der Waals surface area contributed by atoms with Gasteiger partial charge in [0.25, 0.3) is 6.47 Å². The number of hydrogen-bond acceptors (Lipinski definition) is 3. The van der Waals surface area contributed by atoms with Crippen molar-refractivity contribution in [2.75, 3.05) is 0 Å². The molecular formula is C8H4BrF7N2O2. The largest absolute Gasteiger partial charge is 0.460 e. The Morgan fingerprint density at radius 2 is 1.70 bits per heavy atom. The summed E-state index contributed by atoms with van der Waals surface area (Å²) in [7, 11) is 0.912. The molecule has 0 unspecified atom stereocenters. The molecule has 4 nitrogen and oxygen atoms in total. The van der Waals surface area contributed by atoms with Gasteiger partial charge >= 0.3 is 18.0 Å². The average Bonchev–Trinajstić information content (AvgIpc) is 2.56. The Hall–Kier alpha value is -1.33. The predicted molar refractivity (Wildman–Crippen MR) is 52.5 cm³/mol. The Balaban J connectivity index is 3.44. The zero-order chi connectivity index (χ0) is 15.9. The van der Waals surface area contributed by atoms with Crippen molar-refractivity contribution in [1.82, 2.24) is 9.78 Å². The van der Waals surface area contributed by atoms with Gasteiger partial charge in [0.2, 0.25) is 5.88 Å². The molecule has 114 valence electrons. The molecule has 0 aliphatic rings.